The molecule has 2 rings (SSSR count). The number of methoxy groups -OCH3 is 1. The largest absolute Gasteiger partial charge is 0.497 e. The number of hydrogen-bond acceptors (Lipinski definition) is 3. The predicted octanol–water partition coefficient (Wildman–Crippen LogP) is 3.92. The smallest absolute Gasteiger partial charge is 0.352 e. The van der Waals surface area contributed by atoms with Gasteiger partial charge in [0, 0.05) is 22.2 Å². The maximum Gasteiger partial charge on any atom is 0.352 e. The molecule has 0 radical (unpaired) electrons. The quantitative estimate of drug-likeness (QED) is 0.467. The van der Waals surface area contributed by atoms with E-state index < -0.39 is 17.7 Å². The Morgan fingerprint density at radius 1 is 1.37 bits per heavy atom. The van der Waals surface area contributed by atoms with E-state index in [9.17, 15) is 19.1 Å². The average molecular weight is 395 g/mol. The molecular formula is C19H20ClFN2O4. The molecule has 3 N–H and O–H groups in total. The lowest BCUT2D eigenvalue weighted by atomic mass is 10.1. The summed E-state index contributed by atoms with van der Waals surface area (Å²) in [6, 6.07) is 5.07. The number of ether oxygens (including phenoxy) is 1. The van der Waals surface area contributed by atoms with Gasteiger partial charge in [-0.15, -0.1) is 11.6 Å². The number of amides is 1. The number of carboxylic acid groups (broad SMARTS) is 1. The molecule has 1 aromatic carbocycles. The number of allylic oxidation sites excluding steroid dienone is 4. The molecule has 0 aliphatic rings. The van der Waals surface area contributed by atoms with Crippen LogP contribution in [0.15, 0.2) is 41.9 Å². The van der Waals surface area contributed by atoms with Crippen molar-refractivity contribution in [1.29, 1.82) is 0 Å². The van der Waals surface area contributed by atoms with Crippen LogP contribution in [0.5, 0.6) is 5.75 Å². The van der Waals surface area contributed by atoms with E-state index in [-0.39, 0.29) is 18.0 Å². The van der Waals surface area contributed by atoms with Gasteiger partial charge in [-0.2, -0.15) is 0 Å². The fraction of sp³-hybridized carbons (Fsp3) is 0.263. The molecule has 1 heterocycles. The Morgan fingerprint density at radius 2 is 2.11 bits per heavy atom. The van der Waals surface area contributed by atoms with Gasteiger partial charge in [-0.25, -0.2) is 9.18 Å². The van der Waals surface area contributed by atoms with Crippen LogP contribution in [-0.4, -0.2) is 35.0 Å². The number of aromatic amines is 1. The van der Waals surface area contributed by atoms with Crippen molar-refractivity contribution in [3.8, 4) is 5.75 Å². The molecule has 0 aliphatic heterocycles. The van der Waals surface area contributed by atoms with Gasteiger partial charge >= 0.3 is 5.97 Å². The summed E-state index contributed by atoms with van der Waals surface area (Å²) in [5, 5.41) is 12.7. The van der Waals surface area contributed by atoms with Crippen LogP contribution in [0.25, 0.3) is 10.9 Å². The highest BCUT2D eigenvalue weighted by atomic mass is 35.5. The summed E-state index contributed by atoms with van der Waals surface area (Å²) < 4.78 is 18.3. The highest BCUT2D eigenvalue weighted by molar-refractivity contribution is 6.19. The summed E-state index contributed by atoms with van der Waals surface area (Å²) in [5.74, 6) is -1.79. The van der Waals surface area contributed by atoms with Crippen molar-refractivity contribution in [2.45, 2.75) is 19.8 Å². The molecule has 0 aliphatic carbocycles. The Hall–Kier alpha value is -2.80. The molecule has 0 saturated carbocycles. The second-order valence-corrected chi connectivity index (χ2v) is 5.98. The van der Waals surface area contributed by atoms with E-state index >= 15 is 0 Å². The Bertz CT molecular complexity index is 918. The number of aromatic carboxylic acids is 1. The minimum atomic E-state index is -1.16. The third kappa shape index (κ3) is 5.10. The van der Waals surface area contributed by atoms with Crippen LogP contribution >= 0.6 is 11.6 Å². The lowest BCUT2D eigenvalue weighted by molar-refractivity contribution is -0.119. The van der Waals surface area contributed by atoms with E-state index in [4.69, 9.17) is 16.3 Å². The number of aromatic nitrogens is 1. The summed E-state index contributed by atoms with van der Waals surface area (Å²) in [6.45, 7) is 1.80. The third-order valence-corrected chi connectivity index (χ3v) is 4.19. The van der Waals surface area contributed by atoms with Gasteiger partial charge in [0.25, 0.3) is 0 Å². The number of alkyl halides is 1. The van der Waals surface area contributed by atoms with E-state index in [0.29, 0.717) is 34.3 Å². The topological polar surface area (TPSA) is 91.4 Å². The molecule has 6 nitrogen and oxygen atoms in total. The Balaban J connectivity index is 2.32. The van der Waals surface area contributed by atoms with E-state index in [2.05, 4.69) is 10.3 Å². The van der Waals surface area contributed by atoms with Gasteiger partial charge in [-0.05, 0) is 36.8 Å². The van der Waals surface area contributed by atoms with Crippen LogP contribution < -0.4 is 10.1 Å². The van der Waals surface area contributed by atoms with Gasteiger partial charge < -0.3 is 20.1 Å². The lowest BCUT2D eigenvalue weighted by Crippen LogP contribution is -2.25. The van der Waals surface area contributed by atoms with Crippen molar-refractivity contribution in [3.05, 3.63) is 53.1 Å². The van der Waals surface area contributed by atoms with Crippen LogP contribution in [-0.2, 0) is 11.2 Å². The van der Waals surface area contributed by atoms with Gasteiger partial charge in [0.1, 0.15) is 17.3 Å². The molecule has 0 saturated heterocycles. The highest BCUT2D eigenvalue weighted by Gasteiger charge is 2.20. The first-order valence-corrected chi connectivity index (χ1v) is 8.76. The Labute approximate surface area is 160 Å². The zero-order valence-electron chi connectivity index (χ0n) is 14.9. The first kappa shape index (κ1) is 20.5. The molecule has 144 valence electrons. The maximum absolute atomic E-state index is 13.1. The number of carbonyl (C=O) groups excluding carboxylic acids is 1. The second-order valence-electron chi connectivity index (χ2n) is 5.71. The van der Waals surface area contributed by atoms with Crippen LogP contribution in [0.1, 0.15) is 29.4 Å². The van der Waals surface area contributed by atoms with Gasteiger partial charge in [0.2, 0.25) is 5.91 Å². The fourth-order valence-electron chi connectivity index (χ4n) is 2.59. The molecule has 1 amide bonds. The second kappa shape index (κ2) is 9.23. The molecule has 8 heteroatoms. The predicted molar refractivity (Wildman–Crippen MR) is 102 cm³/mol. The Kier molecular flexibility index (Phi) is 7.01. The third-order valence-electron chi connectivity index (χ3n) is 3.94. The van der Waals surface area contributed by atoms with Crippen LogP contribution in [0.3, 0.4) is 0 Å². The van der Waals surface area contributed by atoms with Crippen LogP contribution in [0.4, 0.5) is 4.39 Å². The van der Waals surface area contributed by atoms with E-state index in [1.807, 2.05) is 0 Å². The number of H-pyrrole nitrogens is 1. The number of carboxylic acids is 1. The molecule has 0 unspecified atom stereocenters. The summed E-state index contributed by atoms with van der Waals surface area (Å²) in [7, 11) is 1.50. The summed E-state index contributed by atoms with van der Waals surface area (Å²) in [6.07, 6.45) is 2.93. The van der Waals surface area contributed by atoms with E-state index in [0.717, 1.165) is 0 Å². The number of halogens is 2. The van der Waals surface area contributed by atoms with Crippen molar-refractivity contribution in [2.24, 2.45) is 0 Å². The molecular weight excluding hydrogens is 375 g/mol. The number of rotatable bonds is 8. The number of fused-ring (bicyclic) bond motifs is 1. The van der Waals surface area contributed by atoms with Crippen molar-refractivity contribution in [2.75, 3.05) is 13.0 Å². The standard InChI is InChI=1S/C19H20ClFN2O4/c1-3-12(5-4-11(21)10-20)22-17(24)9-15-14-8-13(27-2)6-7-16(14)23-18(15)19(25)26/h4-8,23H,3,9-10H2,1-2H3,(H,22,24)(H,25,26)/b11-4+,12-5+. The van der Waals surface area contributed by atoms with Gasteiger partial charge in [0.05, 0.1) is 19.4 Å². The number of nitrogens with one attached hydrogen (secondary N) is 2. The first-order valence-electron chi connectivity index (χ1n) is 8.22. The minimum Gasteiger partial charge on any atom is -0.497 e. The summed E-state index contributed by atoms with van der Waals surface area (Å²) in [4.78, 5) is 26.8. The van der Waals surface area contributed by atoms with Crippen molar-refractivity contribution < 1.29 is 23.8 Å². The Morgan fingerprint density at radius 3 is 2.70 bits per heavy atom. The highest BCUT2D eigenvalue weighted by Crippen LogP contribution is 2.27. The SMILES string of the molecule is CC/C(=C\C=C(\F)CCl)NC(=O)Cc1c(C(=O)O)[nH]c2ccc(OC)cc12. The summed E-state index contributed by atoms with van der Waals surface area (Å²) in [5.41, 5.74) is 1.39. The molecule has 1 aromatic heterocycles. The number of hydrogen-bond donors (Lipinski definition) is 3. The normalized spacial score (nSPS) is 12.3. The molecule has 0 bridgehead atoms. The zero-order chi connectivity index (χ0) is 20.0. The molecule has 0 atom stereocenters. The van der Waals surface area contributed by atoms with E-state index in [1.54, 1.807) is 25.1 Å². The zero-order valence-corrected chi connectivity index (χ0v) is 15.7. The molecule has 0 spiro atoms. The van der Waals surface area contributed by atoms with Gasteiger partial charge in [0.15, 0.2) is 0 Å². The van der Waals surface area contributed by atoms with Crippen molar-refractivity contribution in [1.82, 2.24) is 10.3 Å². The van der Waals surface area contributed by atoms with Crippen molar-refractivity contribution >= 4 is 34.4 Å². The van der Waals surface area contributed by atoms with E-state index in [1.165, 1.54) is 19.3 Å². The summed E-state index contributed by atoms with van der Waals surface area (Å²) >= 11 is 5.38. The lowest BCUT2D eigenvalue weighted by Gasteiger charge is -2.08. The molecule has 0 fully saturated rings. The van der Waals surface area contributed by atoms with Crippen LogP contribution in [0.2, 0.25) is 0 Å². The monoisotopic (exact) mass is 394 g/mol. The minimum absolute atomic E-state index is 0.0523. The fourth-order valence-corrected chi connectivity index (χ4v) is 2.68. The first-order chi connectivity index (χ1) is 12.9. The number of carbonyl (C=O) groups is 2. The average Bonchev–Trinajstić information content (AvgIpc) is 3.02. The van der Waals surface area contributed by atoms with Gasteiger partial charge in [-0.1, -0.05) is 6.92 Å². The van der Waals surface area contributed by atoms with Gasteiger partial charge in [-0.3, -0.25) is 4.79 Å². The van der Waals surface area contributed by atoms with Crippen molar-refractivity contribution in [3.63, 3.8) is 0 Å². The van der Waals surface area contributed by atoms with Crippen LogP contribution in [0, 0.1) is 0 Å². The number of benzene rings is 1. The molecule has 2 aromatic rings. The molecule has 27 heavy (non-hydrogen) atoms. The maximum atomic E-state index is 13.1.